The predicted octanol–water partition coefficient (Wildman–Crippen LogP) is 6.86. The lowest BCUT2D eigenvalue weighted by Gasteiger charge is -2.23. The standard InChI is InChI=1S/C29H22FN5O4S/c1-15-8-18(24-21(9-15)34-23(37-4)13-32-24)27-35-22-11-20(30)25-19(26(22)40-27)12-29(2,39-25)14-38-28(36)33-17-7-5-6-16(10-17)31-3/h5-11,13H,12,14H2,1-2,4H3,(H,33,36)/t29-/m0/s1. The number of halogens is 1. The number of thiazole rings is 1. The summed E-state index contributed by atoms with van der Waals surface area (Å²) in [5.74, 6) is 0.0252. The summed E-state index contributed by atoms with van der Waals surface area (Å²) in [5, 5.41) is 3.29. The maximum atomic E-state index is 15.2. The lowest BCUT2D eigenvalue weighted by Crippen LogP contribution is -2.37. The van der Waals surface area contributed by atoms with Crippen LogP contribution in [0.25, 0.3) is 36.7 Å². The summed E-state index contributed by atoms with van der Waals surface area (Å²) in [6.07, 6.45) is 1.19. The van der Waals surface area contributed by atoms with Crippen LogP contribution in [0.2, 0.25) is 0 Å². The van der Waals surface area contributed by atoms with Crippen LogP contribution in [-0.4, -0.2) is 40.4 Å². The number of hydrogen-bond donors (Lipinski definition) is 1. The van der Waals surface area contributed by atoms with Gasteiger partial charge in [0.1, 0.15) is 17.2 Å². The number of ether oxygens (including phenoxy) is 3. The van der Waals surface area contributed by atoms with Crippen molar-refractivity contribution in [3.8, 4) is 22.2 Å². The van der Waals surface area contributed by atoms with E-state index >= 15 is 4.39 Å². The van der Waals surface area contributed by atoms with Crippen molar-refractivity contribution >= 4 is 50.1 Å². The number of carbonyl (C=O) groups is 1. The van der Waals surface area contributed by atoms with Gasteiger partial charge in [0.2, 0.25) is 5.88 Å². The molecule has 3 heterocycles. The molecular weight excluding hydrogens is 533 g/mol. The van der Waals surface area contributed by atoms with E-state index < -0.39 is 17.5 Å². The van der Waals surface area contributed by atoms with Crippen LogP contribution in [0.15, 0.2) is 48.7 Å². The number of anilines is 1. The van der Waals surface area contributed by atoms with Crippen molar-refractivity contribution in [2.75, 3.05) is 19.0 Å². The fourth-order valence-electron chi connectivity index (χ4n) is 4.74. The minimum atomic E-state index is -0.977. The molecule has 1 aliphatic rings. The monoisotopic (exact) mass is 555 g/mol. The highest BCUT2D eigenvalue weighted by Gasteiger charge is 2.40. The summed E-state index contributed by atoms with van der Waals surface area (Å²) in [7, 11) is 1.54. The zero-order chi connectivity index (χ0) is 28.0. The van der Waals surface area contributed by atoms with E-state index in [0.29, 0.717) is 50.8 Å². The maximum absolute atomic E-state index is 15.2. The number of nitrogens with zero attached hydrogens (tertiary/aromatic N) is 4. The third-order valence-corrected chi connectivity index (χ3v) is 7.68. The molecule has 0 fully saturated rings. The summed E-state index contributed by atoms with van der Waals surface area (Å²) in [6, 6.07) is 11.8. The van der Waals surface area contributed by atoms with Gasteiger partial charge in [0.15, 0.2) is 17.3 Å². The Morgan fingerprint density at radius 1 is 1.25 bits per heavy atom. The van der Waals surface area contributed by atoms with Crippen LogP contribution < -0.4 is 14.8 Å². The molecule has 2 aromatic heterocycles. The predicted molar refractivity (Wildman–Crippen MR) is 150 cm³/mol. The molecule has 0 unspecified atom stereocenters. The van der Waals surface area contributed by atoms with Gasteiger partial charge >= 0.3 is 6.09 Å². The molecule has 1 amide bonds. The van der Waals surface area contributed by atoms with Crippen LogP contribution in [-0.2, 0) is 11.2 Å². The first-order chi connectivity index (χ1) is 19.2. The van der Waals surface area contributed by atoms with E-state index in [0.717, 1.165) is 15.8 Å². The number of benzene rings is 3. The molecule has 200 valence electrons. The molecular formula is C29H22FN5O4S. The summed E-state index contributed by atoms with van der Waals surface area (Å²) >= 11 is 1.43. The first kappa shape index (κ1) is 25.5. The fourth-order valence-corrected chi connectivity index (χ4v) is 5.84. The van der Waals surface area contributed by atoms with Crippen molar-refractivity contribution in [1.82, 2.24) is 15.0 Å². The van der Waals surface area contributed by atoms with E-state index in [4.69, 9.17) is 25.8 Å². The van der Waals surface area contributed by atoms with Crippen molar-refractivity contribution < 1.29 is 23.4 Å². The van der Waals surface area contributed by atoms with E-state index in [2.05, 4.69) is 20.1 Å². The maximum Gasteiger partial charge on any atom is 0.411 e. The van der Waals surface area contributed by atoms with E-state index in [9.17, 15) is 4.79 Å². The van der Waals surface area contributed by atoms with E-state index in [1.54, 1.807) is 37.4 Å². The van der Waals surface area contributed by atoms with E-state index in [1.807, 2.05) is 19.1 Å². The van der Waals surface area contributed by atoms with Crippen LogP contribution in [0.4, 0.5) is 20.6 Å². The average Bonchev–Trinajstić information content (AvgIpc) is 3.53. The van der Waals surface area contributed by atoms with Gasteiger partial charge in [-0.3, -0.25) is 5.32 Å². The number of nitrogens with one attached hydrogen (secondary N) is 1. The molecule has 1 atom stereocenters. The molecule has 3 aromatic carbocycles. The molecule has 5 aromatic rings. The molecule has 6 rings (SSSR count). The molecule has 0 spiro atoms. The van der Waals surface area contributed by atoms with Crippen LogP contribution in [0.5, 0.6) is 11.6 Å². The Labute approximate surface area is 232 Å². The van der Waals surface area contributed by atoms with Crippen LogP contribution in [0.1, 0.15) is 18.1 Å². The Morgan fingerprint density at radius 3 is 2.90 bits per heavy atom. The zero-order valence-electron chi connectivity index (χ0n) is 21.7. The van der Waals surface area contributed by atoms with Crippen molar-refractivity contribution in [1.29, 1.82) is 0 Å². The number of hydrogen-bond acceptors (Lipinski definition) is 8. The smallest absolute Gasteiger partial charge is 0.411 e. The Hall–Kier alpha value is -4.82. The first-order valence-corrected chi connectivity index (χ1v) is 13.1. The number of methoxy groups -OCH3 is 1. The number of amides is 1. The molecule has 1 N–H and O–H groups in total. The zero-order valence-corrected chi connectivity index (χ0v) is 22.6. The number of fused-ring (bicyclic) bond motifs is 4. The van der Waals surface area contributed by atoms with Crippen LogP contribution in [0, 0.1) is 19.3 Å². The van der Waals surface area contributed by atoms with Gasteiger partial charge in [-0.2, -0.15) is 0 Å². The molecule has 0 bridgehead atoms. The lowest BCUT2D eigenvalue weighted by molar-refractivity contribution is 0.0315. The second-order valence-electron chi connectivity index (χ2n) is 9.72. The molecule has 0 saturated carbocycles. The van der Waals surface area contributed by atoms with E-state index in [1.165, 1.54) is 24.5 Å². The SMILES string of the molecule is [C-]#[N+]c1cccc(NC(=O)OC[C@]2(C)Cc3c(c(F)cc4nc(-c5cc(C)cc6nc(OC)cnc56)sc34)O2)c1. The van der Waals surface area contributed by atoms with Crippen molar-refractivity contribution in [2.45, 2.75) is 25.9 Å². The summed E-state index contributed by atoms with van der Waals surface area (Å²) in [6.45, 7) is 10.7. The largest absolute Gasteiger partial charge is 0.480 e. The van der Waals surface area contributed by atoms with Gasteiger partial charge in [-0.05, 0) is 43.7 Å². The molecule has 0 saturated heterocycles. The molecule has 11 heteroatoms. The van der Waals surface area contributed by atoms with Crippen molar-refractivity contribution in [3.05, 3.63) is 77.0 Å². The van der Waals surface area contributed by atoms with Crippen molar-refractivity contribution in [2.24, 2.45) is 0 Å². The fraction of sp³-hybridized carbons (Fsp3) is 0.207. The summed E-state index contributed by atoms with van der Waals surface area (Å²) in [5.41, 5.74) is 4.18. The van der Waals surface area contributed by atoms with Gasteiger partial charge in [-0.25, -0.2) is 29.0 Å². The highest BCUT2D eigenvalue weighted by molar-refractivity contribution is 7.22. The number of rotatable bonds is 5. The quantitative estimate of drug-likeness (QED) is 0.237. The highest BCUT2D eigenvalue weighted by atomic mass is 32.1. The second kappa shape index (κ2) is 9.73. The van der Waals surface area contributed by atoms with Gasteiger partial charge in [0.25, 0.3) is 0 Å². The number of aryl methyl sites for hydroxylation is 1. The van der Waals surface area contributed by atoms with E-state index in [-0.39, 0.29) is 12.4 Å². The number of carbonyl (C=O) groups excluding carboxylic acids is 1. The first-order valence-electron chi connectivity index (χ1n) is 12.3. The van der Waals surface area contributed by atoms with Gasteiger partial charge in [0, 0.05) is 29.3 Å². The topological polar surface area (TPSA) is 99.8 Å². The Balaban J connectivity index is 1.27. The number of aromatic nitrogens is 3. The van der Waals surface area contributed by atoms with Crippen LogP contribution in [0.3, 0.4) is 0 Å². The summed E-state index contributed by atoms with van der Waals surface area (Å²) < 4.78 is 32.7. The Kier molecular flexibility index (Phi) is 6.19. The molecule has 0 aliphatic carbocycles. The van der Waals surface area contributed by atoms with Crippen molar-refractivity contribution in [3.63, 3.8) is 0 Å². The minimum Gasteiger partial charge on any atom is -0.480 e. The average molecular weight is 556 g/mol. The van der Waals surface area contributed by atoms with Gasteiger partial charge in [-0.15, -0.1) is 11.3 Å². The molecule has 9 nitrogen and oxygen atoms in total. The Bertz CT molecular complexity index is 1870. The molecule has 1 aliphatic heterocycles. The summed E-state index contributed by atoms with van der Waals surface area (Å²) in [4.78, 5) is 29.6. The van der Waals surface area contributed by atoms with Gasteiger partial charge < -0.3 is 14.2 Å². The minimum absolute atomic E-state index is 0.109. The van der Waals surface area contributed by atoms with Gasteiger partial charge in [-0.1, -0.05) is 12.1 Å². The van der Waals surface area contributed by atoms with Crippen LogP contribution >= 0.6 is 11.3 Å². The third kappa shape index (κ3) is 4.63. The normalized spacial score (nSPS) is 15.9. The second-order valence-corrected chi connectivity index (χ2v) is 10.7. The lowest BCUT2D eigenvalue weighted by atomic mass is 10.00. The Morgan fingerprint density at radius 2 is 2.10 bits per heavy atom. The molecule has 40 heavy (non-hydrogen) atoms. The van der Waals surface area contributed by atoms with Gasteiger partial charge in [0.05, 0.1) is 41.1 Å². The highest BCUT2D eigenvalue weighted by Crippen LogP contribution is 2.45. The third-order valence-electron chi connectivity index (χ3n) is 6.52. The molecule has 0 radical (unpaired) electrons.